The van der Waals surface area contributed by atoms with Crippen molar-refractivity contribution >= 4 is 40.5 Å². The first-order valence-corrected chi connectivity index (χ1v) is 12.3. The molecule has 0 radical (unpaired) electrons. The van der Waals surface area contributed by atoms with Crippen molar-refractivity contribution in [3.63, 3.8) is 0 Å². The predicted octanol–water partition coefficient (Wildman–Crippen LogP) is 4.84. The van der Waals surface area contributed by atoms with Gasteiger partial charge in [-0.1, -0.05) is 77.2 Å². The summed E-state index contributed by atoms with van der Waals surface area (Å²) in [7, 11) is 0. The van der Waals surface area contributed by atoms with Crippen LogP contribution in [0.5, 0.6) is 0 Å². The van der Waals surface area contributed by atoms with E-state index >= 15 is 0 Å². The number of carbonyl (C=O) groups excluding carboxylic acids is 3. The Morgan fingerprint density at radius 2 is 1.00 bits per heavy atom. The van der Waals surface area contributed by atoms with Crippen molar-refractivity contribution in [3.8, 4) is 0 Å². The molecule has 8 heteroatoms. The molecular formula is C27H23IO7. The van der Waals surface area contributed by atoms with Gasteiger partial charge in [0.15, 0.2) is 6.10 Å². The Morgan fingerprint density at radius 3 is 1.43 bits per heavy atom. The van der Waals surface area contributed by atoms with Crippen LogP contribution in [-0.4, -0.2) is 46.4 Å². The fraction of sp³-hybridized carbons (Fsp3) is 0.222. The largest absolute Gasteiger partial charge is 0.453 e. The summed E-state index contributed by atoms with van der Waals surface area (Å²) in [6, 6.07) is 25.3. The average Bonchev–Trinajstić information content (AvgIpc) is 2.90. The first-order chi connectivity index (χ1) is 16.9. The molecule has 1 fully saturated rings. The fourth-order valence-electron chi connectivity index (χ4n) is 3.60. The number of hydrogen-bond donors (Lipinski definition) is 0. The fourth-order valence-corrected chi connectivity index (χ4v) is 4.32. The van der Waals surface area contributed by atoms with Crippen molar-refractivity contribution < 1.29 is 33.3 Å². The minimum atomic E-state index is -1.29. The van der Waals surface area contributed by atoms with Crippen LogP contribution >= 0.6 is 22.6 Å². The van der Waals surface area contributed by atoms with Crippen LogP contribution in [0.2, 0.25) is 0 Å². The first-order valence-electron chi connectivity index (χ1n) is 11.0. The highest BCUT2D eigenvalue weighted by molar-refractivity contribution is 14.1. The van der Waals surface area contributed by atoms with Gasteiger partial charge in [-0.3, -0.25) is 0 Å². The summed E-state index contributed by atoms with van der Waals surface area (Å²) < 4.78 is 22.8. The highest BCUT2D eigenvalue weighted by atomic mass is 127. The van der Waals surface area contributed by atoms with E-state index in [0.717, 1.165) is 0 Å². The molecular weight excluding hydrogens is 563 g/mol. The molecule has 3 aromatic rings. The molecule has 2 unspecified atom stereocenters. The summed E-state index contributed by atoms with van der Waals surface area (Å²) in [6.07, 6.45) is -3.89. The molecule has 0 aromatic heterocycles. The molecule has 0 N–H and O–H groups in total. The number of rotatable bonds is 6. The van der Waals surface area contributed by atoms with Crippen LogP contribution in [0, 0.1) is 0 Å². The van der Waals surface area contributed by atoms with Gasteiger partial charge >= 0.3 is 17.9 Å². The monoisotopic (exact) mass is 586 g/mol. The normalized spacial score (nSPS) is 23.7. The Hall–Kier alpha value is -3.24. The van der Waals surface area contributed by atoms with E-state index in [9.17, 15) is 14.4 Å². The maximum atomic E-state index is 12.9. The van der Waals surface area contributed by atoms with Crippen molar-refractivity contribution in [2.45, 2.75) is 35.5 Å². The van der Waals surface area contributed by atoms with Crippen molar-refractivity contribution in [1.82, 2.24) is 0 Å². The van der Waals surface area contributed by atoms with Gasteiger partial charge < -0.3 is 18.9 Å². The number of halogens is 1. The molecule has 35 heavy (non-hydrogen) atoms. The number of carbonyl (C=O) groups is 3. The third-order valence-corrected chi connectivity index (χ3v) is 7.16. The summed E-state index contributed by atoms with van der Waals surface area (Å²) in [6.45, 7) is 1.78. The van der Waals surface area contributed by atoms with Gasteiger partial charge in [0.2, 0.25) is 12.4 Å². The van der Waals surface area contributed by atoms with Crippen LogP contribution in [0.25, 0.3) is 0 Å². The number of ether oxygens (including phenoxy) is 4. The summed E-state index contributed by atoms with van der Waals surface area (Å²) in [5.74, 6) is -1.89. The Balaban J connectivity index is 1.63. The van der Waals surface area contributed by atoms with Gasteiger partial charge in [-0.25, -0.2) is 14.4 Å². The van der Waals surface area contributed by atoms with Gasteiger partial charge in [0.25, 0.3) is 0 Å². The molecule has 3 aromatic carbocycles. The minimum Gasteiger partial charge on any atom is -0.453 e. The lowest BCUT2D eigenvalue weighted by molar-refractivity contribution is -0.236. The molecule has 1 aliphatic heterocycles. The lowest BCUT2D eigenvalue weighted by Gasteiger charge is -2.42. The Bertz CT molecular complexity index is 1150. The van der Waals surface area contributed by atoms with Gasteiger partial charge in [0.05, 0.1) is 26.7 Å². The maximum Gasteiger partial charge on any atom is 0.340 e. The second kappa shape index (κ2) is 11.5. The first kappa shape index (κ1) is 24.9. The second-order valence-corrected chi connectivity index (χ2v) is 9.34. The molecule has 0 spiro atoms. The van der Waals surface area contributed by atoms with Crippen LogP contribution in [0.4, 0.5) is 0 Å². The van der Waals surface area contributed by atoms with E-state index in [-0.39, 0.29) is 3.92 Å². The predicted molar refractivity (Wildman–Crippen MR) is 135 cm³/mol. The SMILES string of the molecule is CC1O[C@@H](OC(=O)c2ccccc2)C(OC(=O)c2ccccc2)[C@@H](OC(=O)c2ccccc2)[C@H]1I. The lowest BCUT2D eigenvalue weighted by atomic mass is 10.0. The molecule has 7 nitrogen and oxygen atoms in total. The van der Waals surface area contributed by atoms with E-state index in [1.807, 2.05) is 0 Å². The molecule has 5 atom stereocenters. The highest BCUT2D eigenvalue weighted by Gasteiger charge is 2.50. The molecule has 1 saturated heterocycles. The summed E-state index contributed by atoms with van der Waals surface area (Å²) in [5.41, 5.74) is 0.963. The second-order valence-electron chi connectivity index (χ2n) is 7.90. The smallest absolute Gasteiger partial charge is 0.340 e. The molecule has 1 heterocycles. The molecule has 0 amide bonds. The molecule has 0 saturated carbocycles. The zero-order valence-electron chi connectivity index (χ0n) is 18.8. The molecule has 1 aliphatic rings. The number of esters is 3. The average molecular weight is 586 g/mol. The number of alkyl halides is 1. The van der Waals surface area contributed by atoms with E-state index in [0.29, 0.717) is 16.7 Å². The lowest BCUT2D eigenvalue weighted by Crippen LogP contribution is -2.58. The van der Waals surface area contributed by atoms with Crippen LogP contribution in [-0.2, 0) is 18.9 Å². The third kappa shape index (κ3) is 6.07. The zero-order chi connectivity index (χ0) is 24.8. The standard InChI is InChI=1S/C27H23IO7/c1-17-21(28)22(33-24(29)18-11-5-2-6-12-18)23(34-25(30)19-13-7-3-8-14-19)27(32-17)35-26(31)20-15-9-4-10-16-20/h2-17,21-23,27H,1H3/t17?,21-,22-,23?,27-/m0/s1. The van der Waals surface area contributed by atoms with Gasteiger partial charge in [0.1, 0.15) is 0 Å². The van der Waals surface area contributed by atoms with Crippen LogP contribution in [0.3, 0.4) is 0 Å². The summed E-state index contributed by atoms with van der Waals surface area (Å²) >= 11 is 2.10. The van der Waals surface area contributed by atoms with Gasteiger partial charge in [0, 0.05) is 0 Å². The van der Waals surface area contributed by atoms with E-state index in [2.05, 4.69) is 22.6 Å². The van der Waals surface area contributed by atoms with E-state index < -0.39 is 42.5 Å². The molecule has 4 rings (SSSR count). The highest BCUT2D eigenvalue weighted by Crippen LogP contribution is 2.33. The van der Waals surface area contributed by atoms with E-state index in [1.54, 1.807) is 97.9 Å². The Labute approximate surface area is 216 Å². The number of hydrogen-bond acceptors (Lipinski definition) is 7. The van der Waals surface area contributed by atoms with Crippen LogP contribution < -0.4 is 0 Å². The zero-order valence-corrected chi connectivity index (χ0v) is 20.9. The van der Waals surface area contributed by atoms with Crippen molar-refractivity contribution in [3.05, 3.63) is 108 Å². The molecule has 0 aliphatic carbocycles. The van der Waals surface area contributed by atoms with Gasteiger partial charge in [-0.05, 0) is 43.3 Å². The summed E-state index contributed by atoms with van der Waals surface area (Å²) in [5, 5.41) is 0. The Kier molecular flexibility index (Phi) is 8.14. The Morgan fingerprint density at radius 1 is 0.629 bits per heavy atom. The van der Waals surface area contributed by atoms with Crippen molar-refractivity contribution in [2.75, 3.05) is 0 Å². The van der Waals surface area contributed by atoms with Crippen LogP contribution in [0.15, 0.2) is 91.0 Å². The molecule has 0 bridgehead atoms. The third-order valence-electron chi connectivity index (χ3n) is 5.44. The number of benzene rings is 3. The van der Waals surface area contributed by atoms with E-state index in [4.69, 9.17) is 18.9 Å². The minimum absolute atomic E-state index is 0.303. The van der Waals surface area contributed by atoms with Crippen LogP contribution in [0.1, 0.15) is 38.0 Å². The van der Waals surface area contributed by atoms with Gasteiger partial charge in [-0.2, -0.15) is 0 Å². The van der Waals surface area contributed by atoms with Gasteiger partial charge in [-0.15, -0.1) is 0 Å². The molecule has 180 valence electrons. The van der Waals surface area contributed by atoms with E-state index in [1.165, 1.54) is 0 Å². The quantitative estimate of drug-likeness (QED) is 0.177. The van der Waals surface area contributed by atoms with Crippen molar-refractivity contribution in [2.24, 2.45) is 0 Å². The summed E-state index contributed by atoms with van der Waals surface area (Å²) in [4.78, 5) is 38.6. The maximum absolute atomic E-state index is 12.9. The van der Waals surface area contributed by atoms with Crippen molar-refractivity contribution in [1.29, 1.82) is 0 Å². The topological polar surface area (TPSA) is 88.1 Å².